The van der Waals surface area contributed by atoms with Crippen LogP contribution in [0.15, 0.2) is 53.0 Å². The maximum absolute atomic E-state index is 12.8. The normalized spacial score (nSPS) is 23.3. The van der Waals surface area contributed by atoms with Gasteiger partial charge in [-0.15, -0.1) is 11.8 Å². The van der Waals surface area contributed by atoms with E-state index in [1.54, 1.807) is 24.3 Å². The quantitative estimate of drug-likeness (QED) is 0.506. The monoisotopic (exact) mass is 447 g/mol. The maximum Gasteiger partial charge on any atom is 0.332 e. The number of Topliss-reactive ketones (excluding diaryl/α,β-unsaturated/α-hetero) is 1. The summed E-state index contributed by atoms with van der Waals surface area (Å²) in [5, 5.41) is 18.9. The Morgan fingerprint density at radius 3 is 2.23 bits per heavy atom. The van der Waals surface area contributed by atoms with Gasteiger partial charge in [-0.3, -0.25) is 14.5 Å². The molecule has 2 aliphatic rings. The molecule has 1 aliphatic heterocycles. The number of thioether (sulfide) groups is 1. The smallest absolute Gasteiger partial charge is 0.332 e. The average Bonchev–Trinajstić information content (AvgIpc) is 2.79. The van der Waals surface area contributed by atoms with Crippen molar-refractivity contribution in [2.24, 2.45) is 11.3 Å². The molecule has 1 aromatic rings. The number of carboxylic acid groups (broad SMARTS) is 2. The molecule has 2 N–H and O–H groups in total. The number of nitrogens with zero attached hydrogens (tertiary/aromatic N) is 1. The predicted molar refractivity (Wildman–Crippen MR) is 120 cm³/mol. The lowest BCUT2D eigenvalue weighted by Gasteiger charge is -2.32. The number of carboxylic acids is 2. The molecule has 0 bridgehead atoms. The molecular formula is C23H29NO6S. The van der Waals surface area contributed by atoms with E-state index in [1.807, 2.05) is 6.26 Å². The molecule has 7 nitrogen and oxygen atoms in total. The molecule has 1 heterocycles. The molecule has 31 heavy (non-hydrogen) atoms. The van der Waals surface area contributed by atoms with Crippen LogP contribution in [0, 0.1) is 11.3 Å². The van der Waals surface area contributed by atoms with Crippen molar-refractivity contribution in [3.8, 4) is 0 Å². The summed E-state index contributed by atoms with van der Waals surface area (Å²) in [5.41, 5.74) is -1.52. The fraction of sp³-hybridized carbons (Fsp3) is 0.435. The van der Waals surface area contributed by atoms with E-state index < -0.39 is 29.1 Å². The van der Waals surface area contributed by atoms with Crippen LogP contribution in [-0.2, 0) is 14.3 Å². The van der Waals surface area contributed by atoms with Gasteiger partial charge in [0.05, 0.1) is 24.5 Å². The van der Waals surface area contributed by atoms with Crippen molar-refractivity contribution in [3.63, 3.8) is 0 Å². The highest BCUT2D eigenvalue weighted by Crippen LogP contribution is 2.40. The lowest BCUT2D eigenvalue weighted by molar-refractivity contribution is -0.147. The van der Waals surface area contributed by atoms with Crippen LogP contribution >= 0.6 is 11.8 Å². The molecule has 0 spiro atoms. The highest BCUT2D eigenvalue weighted by molar-refractivity contribution is 7.98. The zero-order chi connectivity index (χ0) is 23.0. The number of aliphatic carboxylic acids is 2. The summed E-state index contributed by atoms with van der Waals surface area (Å²) in [5.74, 6) is -4.32. The van der Waals surface area contributed by atoms with E-state index in [0.717, 1.165) is 31.2 Å². The zero-order valence-electron chi connectivity index (χ0n) is 18.0. The van der Waals surface area contributed by atoms with E-state index in [0.29, 0.717) is 5.56 Å². The summed E-state index contributed by atoms with van der Waals surface area (Å²) in [6.07, 6.45) is 5.92. The number of benzene rings is 1. The van der Waals surface area contributed by atoms with Gasteiger partial charge in [0.1, 0.15) is 0 Å². The first-order valence-electron chi connectivity index (χ1n) is 10.1. The Bertz CT molecular complexity index is 857. The van der Waals surface area contributed by atoms with Gasteiger partial charge in [-0.2, -0.15) is 0 Å². The average molecular weight is 448 g/mol. The SMILES string of the molecule is CCN1CCOCC1.CSc1ccc(C(=O)C2C(C(=O)O)=CC=CC2(C)C(=O)O)cc1. The molecule has 1 fully saturated rings. The molecule has 0 aromatic heterocycles. The number of carbonyl (C=O) groups is 3. The molecule has 0 saturated carbocycles. The number of carbonyl (C=O) groups excluding carboxylic acids is 1. The van der Waals surface area contributed by atoms with Crippen molar-refractivity contribution in [1.29, 1.82) is 0 Å². The van der Waals surface area contributed by atoms with Gasteiger partial charge in [0, 0.05) is 29.1 Å². The molecule has 8 heteroatoms. The van der Waals surface area contributed by atoms with E-state index in [-0.39, 0.29) is 5.57 Å². The lowest BCUT2D eigenvalue weighted by Crippen LogP contribution is -2.42. The molecule has 3 rings (SSSR count). The third kappa shape index (κ3) is 6.06. The number of likely N-dealkylation sites (N-methyl/N-ethyl adjacent to an activating group) is 1. The summed E-state index contributed by atoms with van der Waals surface area (Å²) in [6, 6.07) is 6.68. The van der Waals surface area contributed by atoms with Gasteiger partial charge in [0.15, 0.2) is 5.78 Å². The number of hydrogen-bond acceptors (Lipinski definition) is 6. The number of ketones is 1. The first-order chi connectivity index (χ1) is 14.7. The van der Waals surface area contributed by atoms with Crippen LogP contribution < -0.4 is 0 Å². The second-order valence-corrected chi connectivity index (χ2v) is 8.33. The van der Waals surface area contributed by atoms with Crippen molar-refractivity contribution in [1.82, 2.24) is 4.90 Å². The van der Waals surface area contributed by atoms with Crippen molar-refractivity contribution >= 4 is 29.5 Å². The Morgan fingerprint density at radius 2 is 1.77 bits per heavy atom. The molecule has 1 saturated heterocycles. The van der Waals surface area contributed by atoms with Crippen LogP contribution in [0.25, 0.3) is 0 Å². The first kappa shape index (κ1) is 24.8. The second kappa shape index (κ2) is 11.3. The standard InChI is InChI=1S/C17H16O5S.C6H13NO/c1-17(16(21)22)9-3-4-12(15(19)20)13(17)14(18)10-5-7-11(23-2)8-6-10;1-2-7-3-5-8-6-4-7/h3-9,13H,1-2H3,(H,19,20)(H,21,22);2-6H2,1H3. The molecular weight excluding hydrogens is 418 g/mol. The maximum atomic E-state index is 12.8. The number of ether oxygens (including phenoxy) is 1. The first-order valence-corrected chi connectivity index (χ1v) is 11.3. The Kier molecular flexibility index (Phi) is 9.03. The number of morpholine rings is 1. The number of hydrogen-bond donors (Lipinski definition) is 2. The minimum atomic E-state index is -1.60. The fourth-order valence-electron chi connectivity index (χ4n) is 3.51. The number of allylic oxidation sites excluding steroid dienone is 2. The van der Waals surface area contributed by atoms with Gasteiger partial charge in [-0.05, 0) is 31.9 Å². The molecule has 0 radical (unpaired) electrons. The van der Waals surface area contributed by atoms with Crippen LogP contribution in [0.5, 0.6) is 0 Å². The Hall–Kier alpha value is -2.42. The van der Waals surface area contributed by atoms with Crippen LogP contribution in [0.3, 0.4) is 0 Å². The van der Waals surface area contributed by atoms with Gasteiger partial charge in [0.25, 0.3) is 0 Å². The fourth-order valence-corrected chi connectivity index (χ4v) is 3.92. The molecule has 0 amide bonds. The van der Waals surface area contributed by atoms with Crippen LogP contribution in [0.1, 0.15) is 24.2 Å². The second-order valence-electron chi connectivity index (χ2n) is 7.45. The summed E-state index contributed by atoms with van der Waals surface area (Å²) in [7, 11) is 0. The summed E-state index contributed by atoms with van der Waals surface area (Å²) >= 11 is 1.51. The summed E-state index contributed by atoms with van der Waals surface area (Å²) < 4.78 is 5.16. The molecule has 1 aliphatic carbocycles. The van der Waals surface area contributed by atoms with Crippen LogP contribution in [0.2, 0.25) is 0 Å². The topological polar surface area (TPSA) is 104 Å². The van der Waals surface area contributed by atoms with Gasteiger partial charge in [-0.25, -0.2) is 4.79 Å². The van der Waals surface area contributed by atoms with E-state index in [9.17, 15) is 24.6 Å². The Morgan fingerprint density at radius 1 is 1.16 bits per heavy atom. The minimum Gasteiger partial charge on any atom is -0.481 e. The zero-order valence-corrected chi connectivity index (χ0v) is 18.9. The van der Waals surface area contributed by atoms with Crippen molar-refractivity contribution in [3.05, 3.63) is 53.6 Å². The Labute approximate surface area is 186 Å². The third-order valence-corrected chi connectivity index (χ3v) is 6.27. The summed E-state index contributed by atoms with van der Waals surface area (Å²) in [6.45, 7) is 8.81. The highest BCUT2D eigenvalue weighted by atomic mass is 32.2. The molecule has 168 valence electrons. The van der Waals surface area contributed by atoms with E-state index in [1.165, 1.54) is 43.5 Å². The lowest BCUT2D eigenvalue weighted by atomic mass is 9.67. The minimum absolute atomic E-state index is 0.212. The molecule has 2 unspecified atom stereocenters. The van der Waals surface area contributed by atoms with Gasteiger partial charge < -0.3 is 14.9 Å². The van der Waals surface area contributed by atoms with Gasteiger partial charge >= 0.3 is 11.9 Å². The van der Waals surface area contributed by atoms with Crippen molar-refractivity contribution < 1.29 is 29.3 Å². The highest BCUT2D eigenvalue weighted by Gasteiger charge is 2.48. The van der Waals surface area contributed by atoms with Crippen LogP contribution in [0.4, 0.5) is 0 Å². The molecule has 2 atom stereocenters. The van der Waals surface area contributed by atoms with E-state index in [2.05, 4.69) is 11.8 Å². The summed E-state index contributed by atoms with van der Waals surface area (Å²) in [4.78, 5) is 39.3. The van der Waals surface area contributed by atoms with Crippen LogP contribution in [-0.4, -0.2) is 71.9 Å². The predicted octanol–water partition coefficient (Wildman–Crippen LogP) is 3.22. The number of rotatable bonds is 6. The van der Waals surface area contributed by atoms with E-state index >= 15 is 0 Å². The largest absolute Gasteiger partial charge is 0.481 e. The van der Waals surface area contributed by atoms with Crippen molar-refractivity contribution in [2.75, 3.05) is 39.1 Å². The third-order valence-electron chi connectivity index (χ3n) is 5.52. The van der Waals surface area contributed by atoms with E-state index in [4.69, 9.17) is 4.74 Å². The van der Waals surface area contributed by atoms with Gasteiger partial charge in [-0.1, -0.05) is 37.3 Å². The van der Waals surface area contributed by atoms with Crippen molar-refractivity contribution in [2.45, 2.75) is 18.7 Å². The van der Waals surface area contributed by atoms with Gasteiger partial charge in [0.2, 0.25) is 0 Å². The molecule has 1 aromatic carbocycles. The Balaban J connectivity index is 0.000000357.